The highest BCUT2D eigenvalue weighted by atomic mass is 19.1. The van der Waals surface area contributed by atoms with E-state index in [0.29, 0.717) is 31.4 Å². The number of carbonyl (C=O) groups is 1. The van der Waals surface area contributed by atoms with E-state index in [0.717, 1.165) is 25.9 Å². The number of hydrogen-bond acceptors (Lipinski definition) is 3. The fourth-order valence-electron chi connectivity index (χ4n) is 3.50. The number of halogens is 1. The highest BCUT2D eigenvalue weighted by molar-refractivity contribution is 5.76. The molecule has 1 atom stereocenters. The molecule has 1 saturated heterocycles. The number of nitrogens with zero attached hydrogens (tertiary/aromatic N) is 2. The maximum absolute atomic E-state index is 12.9. The molecule has 0 saturated carbocycles. The number of ether oxygens (including phenoxy) is 1. The second-order valence-electron chi connectivity index (χ2n) is 7.07. The first-order valence-corrected chi connectivity index (χ1v) is 9.52. The van der Waals surface area contributed by atoms with Gasteiger partial charge in [0, 0.05) is 25.6 Å². The van der Waals surface area contributed by atoms with Crippen LogP contribution in [-0.4, -0.2) is 48.5 Å². The summed E-state index contributed by atoms with van der Waals surface area (Å²) in [5.74, 6) is 0.531. The van der Waals surface area contributed by atoms with Crippen molar-refractivity contribution < 1.29 is 13.9 Å². The predicted octanol–water partition coefficient (Wildman–Crippen LogP) is 3.72. The van der Waals surface area contributed by atoms with Gasteiger partial charge in [-0.2, -0.15) is 0 Å². The Bertz CT molecular complexity index is 721. The van der Waals surface area contributed by atoms with Crippen LogP contribution in [0.2, 0.25) is 0 Å². The van der Waals surface area contributed by atoms with Crippen LogP contribution >= 0.6 is 0 Å². The van der Waals surface area contributed by atoms with E-state index in [1.165, 1.54) is 17.7 Å². The molecule has 3 rings (SSSR count). The van der Waals surface area contributed by atoms with E-state index >= 15 is 0 Å². The molecule has 0 bridgehead atoms. The summed E-state index contributed by atoms with van der Waals surface area (Å²) in [7, 11) is 2.13. The largest absolute Gasteiger partial charge is 0.492 e. The van der Waals surface area contributed by atoms with Crippen molar-refractivity contribution in [3.8, 4) is 5.75 Å². The van der Waals surface area contributed by atoms with Crippen LogP contribution in [0.15, 0.2) is 54.6 Å². The average Bonchev–Trinajstić information content (AvgIpc) is 2.86. The van der Waals surface area contributed by atoms with Gasteiger partial charge in [0.2, 0.25) is 5.91 Å². The number of benzene rings is 2. The molecule has 2 aromatic rings. The summed E-state index contributed by atoms with van der Waals surface area (Å²) in [6.45, 7) is 2.62. The smallest absolute Gasteiger partial charge is 0.222 e. The van der Waals surface area contributed by atoms with Gasteiger partial charge in [-0.1, -0.05) is 30.3 Å². The van der Waals surface area contributed by atoms with Crippen molar-refractivity contribution in [2.75, 3.05) is 26.7 Å². The van der Waals surface area contributed by atoms with Crippen LogP contribution in [0.25, 0.3) is 0 Å². The van der Waals surface area contributed by atoms with Gasteiger partial charge < -0.3 is 9.64 Å². The molecule has 0 aromatic heterocycles. The minimum absolute atomic E-state index is 0.188. The van der Waals surface area contributed by atoms with Crippen molar-refractivity contribution in [3.05, 3.63) is 66.0 Å². The summed E-state index contributed by atoms with van der Waals surface area (Å²) < 4.78 is 18.6. The third-order valence-corrected chi connectivity index (χ3v) is 5.12. The molecule has 0 radical (unpaired) electrons. The summed E-state index contributed by atoms with van der Waals surface area (Å²) >= 11 is 0. The summed E-state index contributed by atoms with van der Waals surface area (Å²) in [5, 5.41) is 0. The lowest BCUT2D eigenvalue weighted by molar-refractivity contribution is -0.131. The topological polar surface area (TPSA) is 32.8 Å². The van der Waals surface area contributed by atoms with Crippen LogP contribution in [0.3, 0.4) is 0 Å². The van der Waals surface area contributed by atoms with Crippen molar-refractivity contribution in [1.82, 2.24) is 9.80 Å². The van der Waals surface area contributed by atoms with Crippen molar-refractivity contribution in [2.24, 2.45) is 0 Å². The van der Waals surface area contributed by atoms with Crippen LogP contribution in [0, 0.1) is 5.82 Å². The molecule has 2 aromatic carbocycles. The molecule has 27 heavy (non-hydrogen) atoms. The minimum Gasteiger partial charge on any atom is -0.492 e. The molecule has 0 aliphatic carbocycles. The molecule has 0 N–H and O–H groups in total. The molecule has 1 aliphatic rings. The van der Waals surface area contributed by atoms with E-state index in [-0.39, 0.29) is 11.7 Å². The fourth-order valence-corrected chi connectivity index (χ4v) is 3.50. The average molecular weight is 370 g/mol. The molecule has 144 valence electrons. The Hall–Kier alpha value is -2.40. The zero-order valence-electron chi connectivity index (χ0n) is 15.8. The van der Waals surface area contributed by atoms with E-state index in [1.54, 1.807) is 12.1 Å². The third kappa shape index (κ3) is 5.79. The van der Waals surface area contributed by atoms with Gasteiger partial charge in [-0.15, -0.1) is 0 Å². The van der Waals surface area contributed by atoms with Gasteiger partial charge in [0.1, 0.15) is 18.2 Å². The van der Waals surface area contributed by atoms with Crippen LogP contribution in [0.4, 0.5) is 4.39 Å². The number of rotatable bonds is 7. The van der Waals surface area contributed by atoms with Gasteiger partial charge >= 0.3 is 0 Å². The zero-order chi connectivity index (χ0) is 19.1. The summed E-state index contributed by atoms with van der Waals surface area (Å²) in [5.41, 5.74) is 1.29. The van der Waals surface area contributed by atoms with Crippen LogP contribution in [0.5, 0.6) is 5.75 Å². The van der Waals surface area contributed by atoms with Gasteiger partial charge in [-0.05, 0) is 49.7 Å². The second kappa shape index (κ2) is 9.51. The van der Waals surface area contributed by atoms with E-state index < -0.39 is 0 Å². The summed E-state index contributed by atoms with van der Waals surface area (Å²) in [6.07, 6.45) is 2.42. The highest BCUT2D eigenvalue weighted by Crippen LogP contribution is 2.19. The normalized spacial score (nSPS) is 17.8. The first-order valence-electron chi connectivity index (χ1n) is 9.52. The molecule has 0 spiro atoms. The maximum Gasteiger partial charge on any atom is 0.222 e. The second-order valence-corrected chi connectivity index (χ2v) is 7.07. The molecule has 5 heteroatoms. The van der Waals surface area contributed by atoms with Crippen molar-refractivity contribution in [3.63, 3.8) is 0 Å². The number of likely N-dealkylation sites (tertiary alicyclic amines) is 1. The third-order valence-electron chi connectivity index (χ3n) is 5.12. The van der Waals surface area contributed by atoms with Gasteiger partial charge in [0.25, 0.3) is 0 Å². The molecule has 1 amide bonds. The lowest BCUT2D eigenvalue weighted by Crippen LogP contribution is -2.35. The van der Waals surface area contributed by atoms with Gasteiger partial charge in [0.05, 0.1) is 6.54 Å². The van der Waals surface area contributed by atoms with Crippen LogP contribution in [-0.2, 0) is 11.3 Å². The Morgan fingerprint density at radius 2 is 1.85 bits per heavy atom. The van der Waals surface area contributed by atoms with Crippen molar-refractivity contribution in [2.45, 2.75) is 31.8 Å². The van der Waals surface area contributed by atoms with Crippen molar-refractivity contribution >= 4 is 5.91 Å². The quantitative estimate of drug-likeness (QED) is 0.745. The Kier molecular flexibility index (Phi) is 6.82. The van der Waals surface area contributed by atoms with Crippen LogP contribution in [0.1, 0.15) is 24.8 Å². The minimum atomic E-state index is -0.282. The fraction of sp³-hybridized carbons (Fsp3) is 0.409. The molecular weight excluding hydrogens is 343 g/mol. The predicted molar refractivity (Wildman–Crippen MR) is 104 cm³/mol. The summed E-state index contributed by atoms with van der Waals surface area (Å²) in [4.78, 5) is 16.7. The van der Waals surface area contributed by atoms with Crippen molar-refractivity contribution in [1.29, 1.82) is 0 Å². The molecule has 1 fully saturated rings. The highest BCUT2D eigenvalue weighted by Gasteiger charge is 2.24. The summed E-state index contributed by atoms with van der Waals surface area (Å²) in [6, 6.07) is 16.8. The molecule has 1 heterocycles. The molecule has 4 nitrogen and oxygen atoms in total. The molecule has 1 unspecified atom stereocenters. The Labute approximate surface area is 160 Å². The number of hydrogen-bond donors (Lipinski definition) is 0. The lowest BCUT2D eigenvalue weighted by atomic mass is 10.1. The van der Waals surface area contributed by atoms with E-state index in [2.05, 4.69) is 36.2 Å². The van der Waals surface area contributed by atoms with Gasteiger partial charge in [-0.3, -0.25) is 9.69 Å². The first-order chi connectivity index (χ1) is 13.1. The Morgan fingerprint density at radius 1 is 1.11 bits per heavy atom. The monoisotopic (exact) mass is 370 g/mol. The van der Waals surface area contributed by atoms with Gasteiger partial charge in [-0.25, -0.2) is 4.39 Å². The maximum atomic E-state index is 12.9. The number of carbonyl (C=O) groups excluding carboxylic acids is 1. The van der Waals surface area contributed by atoms with Crippen LogP contribution < -0.4 is 4.74 Å². The van der Waals surface area contributed by atoms with Gasteiger partial charge in [0.15, 0.2) is 0 Å². The lowest BCUT2D eigenvalue weighted by Gasteiger charge is -2.27. The zero-order valence-corrected chi connectivity index (χ0v) is 15.8. The first kappa shape index (κ1) is 19.4. The standard InChI is InChI=1S/C22H27FN2O2/c1-24(17-18-5-3-2-4-6-18)20-9-12-22(26)25(14-13-20)15-16-27-21-10-7-19(23)8-11-21/h2-8,10-11,20H,9,12-17H2,1H3. The van der Waals surface area contributed by atoms with E-state index in [9.17, 15) is 9.18 Å². The molecular formula is C22H27FN2O2. The van der Waals surface area contributed by atoms with E-state index in [4.69, 9.17) is 4.74 Å². The molecule has 1 aliphatic heterocycles. The Morgan fingerprint density at radius 3 is 2.59 bits per heavy atom. The Balaban J connectivity index is 1.46. The SMILES string of the molecule is CN(Cc1ccccc1)C1CCC(=O)N(CCOc2ccc(F)cc2)CC1. The van der Waals surface area contributed by atoms with E-state index in [1.807, 2.05) is 11.0 Å². The number of amides is 1.